The minimum Gasteiger partial charge on any atom is -0.497 e. The number of amides is 2. The van der Waals surface area contributed by atoms with Crippen LogP contribution >= 0.6 is 0 Å². The van der Waals surface area contributed by atoms with E-state index in [1.165, 1.54) is 5.01 Å². The Bertz CT molecular complexity index is 941. The van der Waals surface area contributed by atoms with Crippen LogP contribution in [0.4, 0.5) is 0 Å². The summed E-state index contributed by atoms with van der Waals surface area (Å²) in [5, 5.41) is 6.23. The summed E-state index contributed by atoms with van der Waals surface area (Å²) < 4.78 is 10.4. The van der Waals surface area contributed by atoms with E-state index in [0.717, 1.165) is 22.6 Å². The lowest BCUT2D eigenvalue weighted by atomic mass is 9.98. The number of hydrogen-bond acceptors (Lipinski definition) is 5. The number of nitrogens with zero attached hydrogens (tertiary/aromatic N) is 3. The predicted molar refractivity (Wildman–Crippen MR) is 123 cm³/mol. The van der Waals surface area contributed by atoms with Gasteiger partial charge in [0, 0.05) is 26.0 Å². The van der Waals surface area contributed by atoms with Gasteiger partial charge < -0.3 is 14.4 Å². The molecule has 7 heteroatoms. The number of ether oxygens (including phenoxy) is 2. The summed E-state index contributed by atoms with van der Waals surface area (Å²) in [7, 11) is 3.21. The molecule has 0 saturated carbocycles. The van der Waals surface area contributed by atoms with Crippen molar-refractivity contribution in [2.45, 2.75) is 26.3 Å². The third kappa shape index (κ3) is 5.53. The molecule has 0 bridgehead atoms. The first kappa shape index (κ1) is 23.5. The number of carbonyl (C=O) groups is 2. The number of hydrogen-bond donors (Lipinski definition) is 0. The van der Waals surface area contributed by atoms with E-state index in [-0.39, 0.29) is 30.3 Å². The lowest BCUT2D eigenvalue weighted by molar-refractivity contribution is -0.143. The predicted octanol–water partition coefficient (Wildman–Crippen LogP) is 3.50. The van der Waals surface area contributed by atoms with Crippen LogP contribution in [0.15, 0.2) is 59.7 Å². The zero-order chi connectivity index (χ0) is 23.1. The molecule has 2 amide bonds. The zero-order valence-electron chi connectivity index (χ0n) is 19.2. The van der Waals surface area contributed by atoms with Gasteiger partial charge in [-0.05, 0) is 35.4 Å². The molecule has 0 saturated heterocycles. The van der Waals surface area contributed by atoms with Gasteiger partial charge >= 0.3 is 0 Å². The maximum Gasteiger partial charge on any atom is 0.262 e. The number of rotatable bonds is 9. The number of methoxy groups -OCH3 is 2. The number of benzene rings is 2. The molecule has 1 aliphatic heterocycles. The first-order valence-corrected chi connectivity index (χ1v) is 10.8. The fourth-order valence-corrected chi connectivity index (χ4v) is 3.70. The van der Waals surface area contributed by atoms with Crippen LogP contribution in [0.3, 0.4) is 0 Å². The second-order valence-corrected chi connectivity index (χ2v) is 8.05. The van der Waals surface area contributed by atoms with Crippen molar-refractivity contribution in [3.8, 4) is 5.75 Å². The Morgan fingerprint density at radius 1 is 1.09 bits per heavy atom. The van der Waals surface area contributed by atoms with Crippen LogP contribution in [0.5, 0.6) is 5.75 Å². The zero-order valence-corrected chi connectivity index (χ0v) is 19.2. The lowest BCUT2D eigenvalue weighted by Gasteiger charge is -2.28. The van der Waals surface area contributed by atoms with E-state index in [1.807, 2.05) is 68.4 Å². The summed E-state index contributed by atoms with van der Waals surface area (Å²) in [4.78, 5) is 27.6. The summed E-state index contributed by atoms with van der Waals surface area (Å²) >= 11 is 0. The Morgan fingerprint density at radius 3 is 2.38 bits per heavy atom. The Kier molecular flexibility index (Phi) is 8.00. The highest BCUT2D eigenvalue weighted by Gasteiger charge is 2.34. The molecule has 2 aromatic carbocycles. The fraction of sp³-hybridized carbons (Fsp3) is 0.400. The minimum absolute atomic E-state index is 0.0386. The van der Waals surface area contributed by atoms with Crippen LogP contribution < -0.4 is 4.74 Å². The maximum atomic E-state index is 13.4. The molecular formula is C25H31N3O4. The summed E-state index contributed by atoms with van der Waals surface area (Å²) in [5.74, 6) is 0.264. The first-order chi connectivity index (χ1) is 15.4. The SMILES string of the molecule is COCCN(CC(=O)N1N=C(c2ccc(OC)cc2)CC1c1ccccc1)C(=O)C(C)C. The van der Waals surface area contributed by atoms with Gasteiger partial charge in [-0.3, -0.25) is 9.59 Å². The van der Waals surface area contributed by atoms with Crippen molar-refractivity contribution < 1.29 is 19.1 Å². The van der Waals surface area contributed by atoms with E-state index in [1.54, 1.807) is 19.1 Å². The molecule has 2 aromatic rings. The van der Waals surface area contributed by atoms with Crippen molar-refractivity contribution in [2.24, 2.45) is 11.0 Å². The summed E-state index contributed by atoms with van der Waals surface area (Å²) in [6.45, 7) is 4.35. The van der Waals surface area contributed by atoms with Gasteiger partial charge in [-0.1, -0.05) is 44.2 Å². The quantitative estimate of drug-likeness (QED) is 0.602. The van der Waals surface area contributed by atoms with E-state index in [4.69, 9.17) is 14.6 Å². The molecule has 3 rings (SSSR count). The Hall–Kier alpha value is -3.19. The van der Waals surface area contributed by atoms with Gasteiger partial charge in [0.1, 0.15) is 12.3 Å². The normalized spacial score (nSPS) is 15.6. The third-order valence-corrected chi connectivity index (χ3v) is 5.47. The van der Waals surface area contributed by atoms with E-state index in [9.17, 15) is 9.59 Å². The van der Waals surface area contributed by atoms with Crippen molar-refractivity contribution >= 4 is 17.5 Å². The monoisotopic (exact) mass is 437 g/mol. The molecule has 0 aliphatic carbocycles. The van der Waals surface area contributed by atoms with Crippen LogP contribution in [0.2, 0.25) is 0 Å². The van der Waals surface area contributed by atoms with Gasteiger partial charge in [0.2, 0.25) is 5.91 Å². The summed E-state index contributed by atoms with van der Waals surface area (Å²) in [6.07, 6.45) is 0.596. The van der Waals surface area contributed by atoms with Crippen molar-refractivity contribution in [1.29, 1.82) is 0 Å². The highest BCUT2D eigenvalue weighted by atomic mass is 16.5. The average molecular weight is 438 g/mol. The van der Waals surface area contributed by atoms with Crippen LogP contribution in [0, 0.1) is 5.92 Å². The maximum absolute atomic E-state index is 13.4. The van der Waals surface area contributed by atoms with Gasteiger partial charge in [0.05, 0.1) is 25.5 Å². The highest BCUT2D eigenvalue weighted by molar-refractivity contribution is 6.03. The standard InChI is InChI=1S/C25H31N3O4/c1-18(2)25(30)27(14-15-31-3)17-24(29)28-23(20-8-6-5-7-9-20)16-22(26-28)19-10-12-21(32-4)13-11-19/h5-13,18,23H,14-17H2,1-4H3. The molecule has 7 nitrogen and oxygen atoms in total. The van der Waals surface area contributed by atoms with E-state index in [0.29, 0.717) is 19.6 Å². The van der Waals surface area contributed by atoms with Gasteiger partial charge in [-0.2, -0.15) is 5.10 Å². The largest absolute Gasteiger partial charge is 0.497 e. The molecule has 1 unspecified atom stereocenters. The van der Waals surface area contributed by atoms with E-state index >= 15 is 0 Å². The number of carbonyl (C=O) groups excluding carboxylic acids is 2. The second-order valence-electron chi connectivity index (χ2n) is 8.05. The van der Waals surface area contributed by atoms with Crippen molar-refractivity contribution in [3.63, 3.8) is 0 Å². The lowest BCUT2D eigenvalue weighted by Crippen LogP contribution is -2.44. The molecule has 0 N–H and O–H groups in total. The van der Waals surface area contributed by atoms with Crippen LogP contribution in [-0.2, 0) is 14.3 Å². The third-order valence-electron chi connectivity index (χ3n) is 5.47. The molecule has 1 heterocycles. The van der Waals surface area contributed by atoms with Crippen LogP contribution in [0.25, 0.3) is 0 Å². The number of hydrazone groups is 1. The molecule has 0 aromatic heterocycles. The minimum atomic E-state index is -0.223. The van der Waals surface area contributed by atoms with Crippen molar-refractivity contribution in [3.05, 3.63) is 65.7 Å². The van der Waals surface area contributed by atoms with Gasteiger partial charge in [0.25, 0.3) is 5.91 Å². The topological polar surface area (TPSA) is 71.4 Å². The molecule has 0 fully saturated rings. The molecule has 32 heavy (non-hydrogen) atoms. The smallest absolute Gasteiger partial charge is 0.262 e. The molecule has 170 valence electrons. The first-order valence-electron chi connectivity index (χ1n) is 10.8. The molecule has 0 spiro atoms. The van der Waals surface area contributed by atoms with E-state index < -0.39 is 0 Å². The molecular weight excluding hydrogens is 406 g/mol. The average Bonchev–Trinajstić information content (AvgIpc) is 3.27. The molecule has 1 atom stereocenters. The highest BCUT2D eigenvalue weighted by Crippen LogP contribution is 2.33. The van der Waals surface area contributed by atoms with Crippen LogP contribution in [-0.4, -0.2) is 61.4 Å². The summed E-state index contributed by atoms with van der Waals surface area (Å²) in [6, 6.07) is 17.3. The fourth-order valence-electron chi connectivity index (χ4n) is 3.70. The van der Waals surface area contributed by atoms with Gasteiger partial charge in [-0.25, -0.2) is 5.01 Å². The Morgan fingerprint density at radius 2 is 1.78 bits per heavy atom. The van der Waals surface area contributed by atoms with Crippen molar-refractivity contribution in [1.82, 2.24) is 9.91 Å². The second kappa shape index (κ2) is 10.9. The molecule has 1 aliphatic rings. The Labute approximate surface area is 189 Å². The van der Waals surface area contributed by atoms with Crippen molar-refractivity contribution in [2.75, 3.05) is 33.9 Å². The van der Waals surface area contributed by atoms with E-state index in [2.05, 4.69) is 0 Å². The summed E-state index contributed by atoms with van der Waals surface area (Å²) in [5.41, 5.74) is 2.77. The van der Waals surface area contributed by atoms with Gasteiger partial charge in [0.15, 0.2) is 0 Å². The van der Waals surface area contributed by atoms with Gasteiger partial charge in [-0.15, -0.1) is 0 Å². The Balaban J connectivity index is 1.87. The molecule has 0 radical (unpaired) electrons. The van der Waals surface area contributed by atoms with Crippen LogP contribution in [0.1, 0.15) is 37.4 Å².